The van der Waals surface area contributed by atoms with Crippen molar-refractivity contribution in [3.05, 3.63) is 35.4 Å². The molecule has 0 atom stereocenters. The van der Waals surface area contributed by atoms with Gasteiger partial charge in [0.15, 0.2) is 0 Å². The normalized spacial score (nSPS) is 17.7. The molecule has 0 bridgehead atoms. The number of rotatable bonds is 2. The number of hydrogen-bond acceptors (Lipinski definition) is 4. The minimum atomic E-state index is -0.534. The lowest BCUT2D eigenvalue weighted by atomic mass is 10.1. The van der Waals surface area contributed by atoms with Gasteiger partial charge < -0.3 is 4.74 Å². The van der Waals surface area contributed by atoms with Crippen molar-refractivity contribution in [3.63, 3.8) is 0 Å². The van der Waals surface area contributed by atoms with E-state index < -0.39 is 4.27 Å². The Labute approximate surface area is 91.4 Å². The van der Waals surface area contributed by atoms with Crippen LogP contribution < -0.4 is 0 Å². The molecule has 0 spiro atoms. The van der Waals surface area contributed by atoms with Crippen molar-refractivity contribution < 1.29 is 9.53 Å². The fourth-order valence-electron chi connectivity index (χ4n) is 1.55. The van der Waals surface area contributed by atoms with Crippen molar-refractivity contribution in [1.29, 1.82) is 0 Å². The van der Waals surface area contributed by atoms with E-state index in [1.807, 2.05) is 36.8 Å². The number of ether oxygens (including phenoxy) is 1. The van der Waals surface area contributed by atoms with Crippen LogP contribution in [-0.2, 0) is 9.00 Å². The van der Waals surface area contributed by atoms with E-state index in [0.717, 1.165) is 5.56 Å². The fraction of sp³-hybridized carbons (Fsp3) is 0.300. The van der Waals surface area contributed by atoms with E-state index in [9.17, 15) is 4.79 Å². The van der Waals surface area contributed by atoms with E-state index in [1.54, 1.807) is 23.5 Å². The highest BCUT2D eigenvalue weighted by atomic mass is 32.2. The van der Waals surface area contributed by atoms with Crippen LogP contribution in [0.25, 0.3) is 0 Å². The number of fused-ring (bicyclic) bond motifs is 1. The van der Waals surface area contributed by atoms with Gasteiger partial charge in [0.1, 0.15) is 0 Å². The Morgan fingerprint density at radius 1 is 1.21 bits per heavy atom. The number of carbonyl (C=O) groups is 1. The average Bonchev–Trinajstić information content (AvgIpc) is 2.53. The summed E-state index contributed by atoms with van der Waals surface area (Å²) in [5.74, 6) is -0.218. The Balaban J connectivity index is 2.58. The van der Waals surface area contributed by atoms with Gasteiger partial charge >= 0.3 is 5.97 Å². The van der Waals surface area contributed by atoms with E-state index in [1.165, 1.54) is 0 Å². The van der Waals surface area contributed by atoms with Gasteiger partial charge in [0.25, 0.3) is 0 Å². The van der Waals surface area contributed by atoms with Crippen molar-refractivity contribution in [2.75, 3.05) is 12.5 Å². The van der Waals surface area contributed by atoms with Crippen LogP contribution in [0.1, 0.15) is 15.9 Å². The van der Waals surface area contributed by atoms with Crippen molar-refractivity contribution in [2.45, 2.75) is 4.27 Å². The van der Waals surface area contributed by atoms with Gasteiger partial charge in [0, 0.05) is 5.56 Å². The summed E-state index contributed by atoms with van der Waals surface area (Å²) < 4.78 is 4.87. The van der Waals surface area contributed by atoms with Gasteiger partial charge in [-0.05, 0) is 18.6 Å². The molecule has 4 heteroatoms. The average molecular weight is 226 g/mol. The van der Waals surface area contributed by atoms with Crippen LogP contribution in [0.3, 0.4) is 0 Å². The smallest absolute Gasteiger partial charge is 0.340 e. The first-order valence-corrected chi connectivity index (χ1v) is 6.61. The first-order chi connectivity index (χ1) is 6.73. The molecule has 0 radical (unpaired) electrons. The Bertz CT molecular complexity index is 372. The molecule has 0 N–H and O–H groups in total. The molecule has 2 rings (SSSR count). The van der Waals surface area contributed by atoms with Crippen molar-refractivity contribution in [3.8, 4) is 0 Å². The molecular formula is C10H10O2S2. The maximum Gasteiger partial charge on any atom is 0.340 e. The van der Waals surface area contributed by atoms with Gasteiger partial charge in [0.2, 0.25) is 4.27 Å². The maximum absolute atomic E-state index is 11.6. The highest BCUT2D eigenvalue weighted by Gasteiger charge is 2.44. The van der Waals surface area contributed by atoms with E-state index in [2.05, 4.69) is 0 Å². The topological polar surface area (TPSA) is 26.3 Å². The number of benzene rings is 1. The van der Waals surface area contributed by atoms with Gasteiger partial charge in [0.05, 0.1) is 5.56 Å². The molecule has 0 amide bonds. The molecule has 0 fully saturated rings. The van der Waals surface area contributed by atoms with Crippen molar-refractivity contribution >= 4 is 29.5 Å². The molecule has 74 valence electrons. The molecule has 2 nitrogen and oxygen atoms in total. The molecule has 1 heterocycles. The van der Waals surface area contributed by atoms with Gasteiger partial charge in [-0.2, -0.15) is 0 Å². The van der Waals surface area contributed by atoms with Crippen LogP contribution >= 0.6 is 23.5 Å². The summed E-state index contributed by atoms with van der Waals surface area (Å²) in [4.78, 5) is 11.6. The quantitative estimate of drug-likeness (QED) is 0.572. The third-order valence-corrected chi connectivity index (χ3v) is 4.92. The molecule has 1 aromatic rings. The molecule has 1 aromatic carbocycles. The number of cyclic esters (lactones) is 1. The predicted molar refractivity (Wildman–Crippen MR) is 60.6 cm³/mol. The summed E-state index contributed by atoms with van der Waals surface area (Å²) in [5.41, 5.74) is 1.67. The summed E-state index contributed by atoms with van der Waals surface area (Å²) in [5, 5.41) is 0. The first-order valence-electron chi connectivity index (χ1n) is 4.16. The second kappa shape index (κ2) is 3.51. The highest BCUT2D eigenvalue weighted by Crippen LogP contribution is 2.50. The number of esters is 1. The molecule has 1 aliphatic heterocycles. The summed E-state index contributed by atoms with van der Waals surface area (Å²) in [6.07, 6.45) is 3.90. The molecule has 0 saturated carbocycles. The predicted octanol–water partition coefficient (Wildman–Crippen LogP) is 2.69. The Kier molecular flexibility index (Phi) is 2.49. The van der Waals surface area contributed by atoms with Crippen LogP contribution in [0.2, 0.25) is 0 Å². The zero-order chi connectivity index (χ0) is 10.2. The number of thioether (sulfide) groups is 2. The highest BCUT2D eigenvalue weighted by molar-refractivity contribution is 8.16. The monoisotopic (exact) mass is 226 g/mol. The first kappa shape index (κ1) is 9.93. The molecule has 14 heavy (non-hydrogen) atoms. The molecule has 0 aromatic heterocycles. The molecule has 1 aliphatic rings. The lowest BCUT2D eigenvalue weighted by molar-refractivity contribution is 0.0474. The Morgan fingerprint density at radius 2 is 1.86 bits per heavy atom. The zero-order valence-electron chi connectivity index (χ0n) is 7.94. The lowest BCUT2D eigenvalue weighted by Crippen LogP contribution is -2.15. The summed E-state index contributed by atoms with van der Waals surface area (Å²) in [6.45, 7) is 0. The van der Waals surface area contributed by atoms with E-state index in [-0.39, 0.29) is 5.97 Å². The summed E-state index contributed by atoms with van der Waals surface area (Å²) in [7, 11) is 0. The van der Waals surface area contributed by atoms with Crippen LogP contribution in [0.15, 0.2) is 24.3 Å². The van der Waals surface area contributed by atoms with Crippen molar-refractivity contribution in [1.82, 2.24) is 0 Å². The zero-order valence-corrected chi connectivity index (χ0v) is 9.58. The third-order valence-electron chi connectivity index (χ3n) is 2.24. The maximum atomic E-state index is 11.6. The second-order valence-electron chi connectivity index (χ2n) is 2.90. The van der Waals surface area contributed by atoms with E-state index in [0.29, 0.717) is 5.56 Å². The van der Waals surface area contributed by atoms with Gasteiger partial charge in [-0.3, -0.25) is 0 Å². The van der Waals surface area contributed by atoms with Crippen molar-refractivity contribution in [2.24, 2.45) is 0 Å². The molecular weight excluding hydrogens is 216 g/mol. The third kappa shape index (κ3) is 1.25. The lowest BCUT2D eigenvalue weighted by Gasteiger charge is -2.23. The number of carbonyl (C=O) groups excluding carboxylic acids is 1. The van der Waals surface area contributed by atoms with E-state index >= 15 is 0 Å². The minimum Gasteiger partial charge on any atom is -0.430 e. The standard InChI is InChI=1S/C10H10O2S2/c1-13-10(14-2)8-6-4-3-5-7(8)9(11)12-10/h3-6H,1-2H3. The Hall–Kier alpha value is -0.610. The van der Waals surface area contributed by atoms with Crippen LogP contribution in [0, 0.1) is 0 Å². The van der Waals surface area contributed by atoms with E-state index in [4.69, 9.17) is 4.74 Å². The SMILES string of the molecule is CSC1(SC)OC(=O)c2ccccc21. The number of hydrogen-bond donors (Lipinski definition) is 0. The van der Waals surface area contributed by atoms with Gasteiger partial charge in [-0.25, -0.2) is 4.79 Å². The molecule has 0 unspecified atom stereocenters. The summed E-state index contributed by atoms with van der Waals surface area (Å²) >= 11 is 3.09. The largest absolute Gasteiger partial charge is 0.430 e. The minimum absolute atomic E-state index is 0.218. The van der Waals surface area contributed by atoms with Crippen LogP contribution in [0.5, 0.6) is 0 Å². The fourth-order valence-corrected chi connectivity index (χ4v) is 3.33. The second-order valence-corrected chi connectivity index (χ2v) is 5.12. The summed E-state index contributed by atoms with van der Waals surface area (Å²) in [6, 6.07) is 7.55. The Morgan fingerprint density at radius 3 is 2.50 bits per heavy atom. The molecule has 0 saturated heterocycles. The van der Waals surface area contributed by atoms with Gasteiger partial charge in [-0.15, -0.1) is 23.5 Å². The van der Waals surface area contributed by atoms with Crippen LogP contribution in [-0.4, -0.2) is 18.5 Å². The van der Waals surface area contributed by atoms with Gasteiger partial charge in [-0.1, -0.05) is 18.2 Å². The molecule has 0 aliphatic carbocycles. The van der Waals surface area contributed by atoms with Crippen LogP contribution in [0.4, 0.5) is 0 Å².